The van der Waals surface area contributed by atoms with Crippen molar-refractivity contribution in [3.63, 3.8) is 0 Å². The van der Waals surface area contributed by atoms with Crippen molar-refractivity contribution in [1.82, 2.24) is 0 Å². The molecule has 0 bridgehead atoms. The summed E-state index contributed by atoms with van der Waals surface area (Å²) in [5.41, 5.74) is 2.32. The maximum Gasteiger partial charge on any atom is 0.137 e. The standard InChI is InChI=1S/C12H13Br2F/c1-8(2)10(7-13)5-9-3-4-12(15)11(14)6-9/h3-6,8H,7H2,1-2H3. The molecule has 82 valence electrons. The first-order valence-electron chi connectivity index (χ1n) is 4.76. The summed E-state index contributed by atoms with van der Waals surface area (Å²) in [5.74, 6) is 0.269. The van der Waals surface area contributed by atoms with Gasteiger partial charge in [-0.1, -0.05) is 47.5 Å². The second-order valence-corrected chi connectivity index (χ2v) is 5.10. The van der Waals surface area contributed by atoms with Crippen LogP contribution >= 0.6 is 31.9 Å². The van der Waals surface area contributed by atoms with E-state index in [1.807, 2.05) is 0 Å². The van der Waals surface area contributed by atoms with Gasteiger partial charge in [0.05, 0.1) is 4.47 Å². The molecule has 0 atom stereocenters. The fraction of sp³-hybridized carbons (Fsp3) is 0.333. The molecule has 0 amide bonds. The highest BCUT2D eigenvalue weighted by Crippen LogP contribution is 2.21. The molecule has 0 aromatic heterocycles. The van der Waals surface area contributed by atoms with Crippen LogP contribution in [0.3, 0.4) is 0 Å². The summed E-state index contributed by atoms with van der Waals surface area (Å²) in [5, 5.41) is 0.847. The van der Waals surface area contributed by atoms with Gasteiger partial charge in [0.15, 0.2) is 0 Å². The van der Waals surface area contributed by atoms with Crippen LogP contribution in [-0.4, -0.2) is 5.33 Å². The Kier molecular flexibility index (Phi) is 5.00. The van der Waals surface area contributed by atoms with Crippen molar-refractivity contribution in [1.29, 1.82) is 0 Å². The van der Waals surface area contributed by atoms with E-state index in [0.29, 0.717) is 10.4 Å². The van der Waals surface area contributed by atoms with Crippen molar-refractivity contribution in [3.05, 3.63) is 39.6 Å². The van der Waals surface area contributed by atoms with E-state index in [-0.39, 0.29) is 5.82 Å². The highest BCUT2D eigenvalue weighted by atomic mass is 79.9. The zero-order chi connectivity index (χ0) is 11.4. The molecule has 0 nitrogen and oxygen atoms in total. The number of hydrogen-bond donors (Lipinski definition) is 0. The molecule has 0 fully saturated rings. The molecule has 3 heteroatoms. The van der Waals surface area contributed by atoms with Gasteiger partial charge in [0.2, 0.25) is 0 Å². The fourth-order valence-corrected chi connectivity index (χ4v) is 2.38. The molecule has 0 radical (unpaired) electrons. The van der Waals surface area contributed by atoms with E-state index in [4.69, 9.17) is 0 Å². The van der Waals surface area contributed by atoms with Gasteiger partial charge in [-0.25, -0.2) is 4.39 Å². The molecule has 0 aliphatic rings. The molecule has 1 aromatic rings. The molecule has 0 heterocycles. The molecule has 0 saturated carbocycles. The fourth-order valence-electron chi connectivity index (χ4n) is 1.18. The molecule has 0 aliphatic carbocycles. The minimum atomic E-state index is -0.225. The van der Waals surface area contributed by atoms with Crippen LogP contribution in [0.1, 0.15) is 19.4 Å². The Morgan fingerprint density at radius 3 is 2.60 bits per heavy atom. The highest BCUT2D eigenvalue weighted by Gasteiger charge is 2.03. The summed E-state index contributed by atoms with van der Waals surface area (Å²) in [7, 11) is 0. The third-order valence-corrected chi connectivity index (χ3v) is 3.45. The van der Waals surface area contributed by atoms with Crippen LogP contribution in [0.25, 0.3) is 6.08 Å². The normalized spacial score (nSPS) is 12.3. The predicted octanol–water partition coefficient (Wildman–Crippen LogP) is 5.02. The Bertz CT molecular complexity index is 370. The van der Waals surface area contributed by atoms with E-state index < -0.39 is 0 Å². The van der Waals surface area contributed by atoms with E-state index in [9.17, 15) is 4.39 Å². The zero-order valence-corrected chi connectivity index (χ0v) is 11.9. The number of halogens is 3. The lowest BCUT2D eigenvalue weighted by Gasteiger charge is -2.08. The summed E-state index contributed by atoms with van der Waals surface area (Å²) in [6.45, 7) is 4.29. The van der Waals surface area contributed by atoms with Gasteiger partial charge >= 0.3 is 0 Å². The van der Waals surface area contributed by atoms with Gasteiger partial charge in [-0.05, 0) is 39.5 Å². The van der Waals surface area contributed by atoms with Crippen molar-refractivity contribution >= 4 is 37.9 Å². The first-order chi connectivity index (χ1) is 7.04. The number of alkyl halides is 1. The van der Waals surface area contributed by atoms with Crippen LogP contribution in [-0.2, 0) is 0 Å². The maximum absolute atomic E-state index is 13.0. The van der Waals surface area contributed by atoms with Crippen LogP contribution < -0.4 is 0 Å². The van der Waals surface area contributed by atoms with Gasteiger partial charge in [0, 0.05) is 5.33 Å². The second-order valence-electron chi connectivity index (χ2n) is 3.68. The Balaban J connectivity index is 3.01. The lowest BCUT2D eigenvalue weighted by Crippen LogP contribution is -1.94. The minimum Gasteiger partial charge on any atom is -0.206 e. The molecule has 0 aliphatic heterocycles. The van der Waals surface area contributed by atoms with E-state index in [2.05, 4.69) is 51.8 Å². The van der Waals surface area contributed by atoms with Gasteiger partial charge in [0.1, 0.15) is 5.82 Å². The number of hydrogen-bond acceptors (Lipinski definition) is 0. The van der Waals surface area contributed by atoms with Crippen molar-refractivity contribution in [2.75, 3.05) is 5.33 Å². The summed E-state index contributed by atoms with van der Waals surface area (Å²) >= 11 is 6.63. The average molecular weight is 336 g/mol. The molecule has 1 rings (SSSR count). The van der Waals surface area contributed by atoms with Gasteiger partial charge in [0.25, 0.3) is 0 Å². The maximum atomic E-state index is 13.0. The minimum absolute atomic E-state index is 0.225. The first-order valence-corrected chi connectivity index (χ1v) is 6.67. The third-order valence-electron chi connectivity index (χ3n) is 2.19. The molecule has 0 N–H and O–H groups in total. The summed E-state index contributed by atoms with van der Waals surface area (Å²) in [6, 6.07) is 5.05. The quantitative estimate of drug-likeness (QED) is 0.680. The van der Waals surface area contributed by atoms with E-state index in [1.165, 1.54) is 11.6 Å². The van der Waals surface area contributed by atoms with Crippen molar-refractivity contribution in [2.45, 2.75) is 13.8 Å². The van der Waals surface area contributed by atoms with Crippen LogP contribution in [0.2, 0.25) is 0 Å². The molecule has 0 saturated heterocycles. The lowest BCUT2D eigenvalue weighted by atomic mass is 10.0. The third kappa shape index (κ3) is 3.72. The Morgan fingerprint density at radius 2 is 2.13 bits per heavy atom. The second kappa shape index (κ2) is 5.80. The smallest absolute Gasteiger partial charge is 0.137 e. The summed E-state index contributed by atoms with van der Waals surface area (Å²) in [6.07, 6.45) is 2.09. The van der Waals surface area contributed by atoms with Gasteiger partial charge < -0.3 is 0 Å². The molecule has 0 spiro atoms. The Hall–Kier alpha value is -0.150. The van der Waals surface area contributed by atoms with Gasteiger partial charge in [-0.15, -0.1) is 0 Å². The van der Waals surface area contributed by atoms with Gasteiger partial charge in [-0.2, -0.15) is 0 Å². The Morgan fingerprint density at radius 1 is 1.47 bits per heavy atom. The lowest BCUT2D eigenvalue weighted by molar-refractivity contribution is 0.621. The largest absolute Gasteiger partial charge is 0.206 e. The van der Waals surface area contributed by atoms with Crippen LogP contribution in [0.5, 0.6) is 0 Å². The molecular weight excluding hydrogens is 323 g/mol. The SMILES string of the molecule is CC(C)C(=Cc1ccc(F)c(Br)c1)CBr. The van der Waals surface area contributed by atoms with Crippen molar-refractivity contribution in [3.8, 4) is 0 Å². The monoisotopic (exact) mass is 334 g/mol. The van der Waals surface area contributed by atoms with Crippen molar-refractivity contribution < 1.29 is 4.39 Å². The average Bonchev–Trinajstić information content (AvgIpc) is 2.19. The van der Waals surface area contributed by atoms with E-state index in [0.717, 1.165) is 10.9 Å². The first kappa shape index (κ1) is 12.9. The van der Waals surface area contributed by atoms with Gasteiger partial charge in [-0.3, -0.25) is 0 Å². The highest BCUT2D eigenvalue weighted by molar-refractivity contribution is 9.10. The molecule has 0 unspecified atom stereocenters. The van der Waals surface area contributed by atoms with Crippen LogP contribution in [0.15, 0.2) is 28.2 Å². The Labute approximate surface area is 107 Å². The topological polar surface area (TPSA) is 0 Å². The predicted molar refractivity (Wildman–Crippen MR) is 70.7 cm³/mol. The van der Waals surface area contributed by atoms with Crippen LogP contribution in [0.4, 0.5) is 4.39 Å². The number of allylic oxidation sites excluding steroid dienone is 1. The summed E-state index contributed by atoms with van der Waals surface area (Å²) < 4.78 is 13.5. The van der Waals surface area contributed by atoms with E-state index in [1.54, 1.807) is 12.1 Å². The van der Waals surface area contributed by atoms with E-state index >= 15 is 0 Å². The molecule has 15 heavy (non-hydrogen) atoms. The molecular formula is C12H13Br2F. The molecule has 1 aromatic carbocycles. The van der Waals surface area contributed by atoms with Crippen molar-refractivity contribution in [2.24, 2.45) is 5.92 Å². The van der Waals surface area contributed by atoms with Crippen LogP contribution in [0, 0.1) is 11.7 Å². The number of rotatable bonds is 3. The summed E-state index contributed by atoms with van der Waals surface area (Å²) in [4.78, 5) is 0. The number of benzene rings is 1. The zero-order valence-electron chi connectivity index (χ0n) is 8.73.